The number of hydrogen-bond donors (Lipinski definition) is 0. The third-order valence-electron chi connectivity index (χ3n) is 8.16. The summed E-state index contributed by atoms with van der Waals surface area (Å²) in [4.78, 5) is 0. The highest BCUT2D eigenvalue weighted by molar-refractivity contribution is 4.51. The molecule has 0 heteroatoms. The van der Waals surface area contributed by atoms with Crippen molar-refractivity contribution >= 4 is 0 Å². The van der Waals surface area contributed by atoms with Crippen LogP contribution in [0.3, 0.4) is 0 Å². The van der Waals surface area contributed by atoms with Gasteiger partial charge in [0.05, 0.1) is 0 Å². The van der Waals surface area contributed by atoms with E-state index >= 15 is 0 Å². The van der Waals surface area contributed by atoms with Gasteiger partial charge in [-0.25, -0.2) is 0 Å². The number of unbranched alkanes of at least 4 members (excludes halogenated alkanes) is 31. The largest absolute Gasteiger partial charge is 0.0654 e. The lowest BCUT2D eigenvalue weighted by Crippen LogP contribution is -1.83. The molecule has 0 nitrogen and oxygen atoms in total. The van der Waals surface area contributed by atoms with Crippen LogP contribution in [0.2, 0.25) is 0 Å². The van der Waals surface area contributed by atoms with Crippen LogP contribution in [0.1, 0.15) is 240 Å². The van der Waals surface area contributed by atoms with Crippen molar-refractivity contribution in [1.29, 1.82) is 0 Å². The Kier molecular flexibility index (Phi) is 42.8. The molecule has 0 aromatic heterocycles. The average Bonchev–Trinajstić information content (AvgIpc) is 2.91. The van der Waals surface area contributed by atoms with Gasteiger partial charge in [0.2, 0.25) is 0 Å². The molecular formula is C37H78. The van der Waals surface area contributed by atoms with Gasteiger partial charge in [-0.3, -0.25) is 0 Å². The van der Waals surface area contributed by atoms with Crippen molar-refractivity contribution in [3.05, 3.63) is 0 Å². The Hall–Kier alpha value is 0. The molecule has 0 saturated carbocycles. The summed E-state index contributed by atoms with van der Waals surface area (Å²) in [5, 5.41) is 0. The lowest BCUT2D eigenvalue weighted by atomic mass is 10.0. The molecule has 37 heavy (non-hydrogen) atoms. The maximum Gasteiger partial charge on any atom is -0.0533 e. The highest BCUT2D eigenvalue weighted by atomic mass is 14.0. The van der Waals surface area contributed by atoms with E-state index in [-0.39, 0.29) is 0 Å². The van der Waals surface area contributed by atoms with Crippen LogP contribution in [0, 0.1) is 0 Å². The second-order valence-corrected chi connectivity index (χ2v) is 12.3. The van der Waals surface area contributed by atoms with Gasteiger partial charge in [-0.2, -0.15) is 0 Å². The predicted molar refractivity (Wildman–Crippen MR) is 175 cm³/mol. The second kappa shape index (κ2) is 40.5. The van der Waals surface area contributed by atoms with Crippen molar-refractivity contribution in [2.75, 3.05) is 0 Å². The van der Waals surface area contributed by atoms with E-state index < -0.39 is 0 Å². The van der Waals surface area contributed by atoms with Gasteiger partial charge in [0.1, 0.15) is 0 Å². The highest BCUT2D eigenvalue weighted by Gasteiger charge is 1.95. The monoisotopic (exact) mass is 523 g/mol. The Morgan fingerprint density at radius 3 is 0.297 bits per heavy atom. The first-order valence-corrected chi connectivity index (χ1v) is 18.3. The van der Waals surface area contributed by atoms with Gasteiger partial charge in [0, 0.05) is 0 Å². The van der Waals surface area contributed by atoms with Gasteiger partial charge in [-0.05, 0) is 0 Å². The number of hydrogen-bond acceptors (Lipinski definition) is 0. The van der Waals surface area contributed by atoms with E-state index in [0.717, 1.165) is 0 Å². The summed E-state index contributed by atoms with van der Waals surface area (Å²) in [6.45, 7) is 9.18. The summed E-state index contributed by atoms with van der Waals surface area (Å²) in [7, 11) is 0. The van der Waals surface area contributed by atoms with E-state index in [1.165, 1.54) is 212 Å². The minimum Gasteiger partial charge on any atom is -0.0654 e. The first kappa shape index (κ1) is 39.1. The molecule has 0 unspecified atom stereocenters. The smallest absolute Gasteiger partial charge is 0.0533 e. The zero-order chi connectivity index (χ0) is 27.3. The Bertz CT molecular complexity index is 301. The molecule has 0 spiro atoms. The fraction of sp³-hybridized carbons (Fsp3) is 1.00. The van der Waals surface area contributed by atoms with Crippen LogP contribution < -0.4 is 0 Å². The maximum absolute atomic E-state index is 2.30. The summed E-state index contributed by atoms with van der Waals surface area (Å²) in [5.41, 5.74) is 0. The third-order valence-corrected chi connectivity index (χ3v) is 8.16. The molecule has 0 N–H and O–H groups in total. The van der Waals surface area contributed by atoms with Gasteiger partial charge < -0.3 is 0 Å². The van der Waals surface area contributed by atoms with E-state index in [1.807, 2.05) is 0 Å². The molecule has 0 atom stereocenters. The van der Waals surface area contributed by atoms with Gasteiger partial charge in [0.25, 0.3) is 0 Å². The van der Waals surface area contributed by atoms with Crippen LogP contribution in [0.4, 0.5) is 0 Å². The highest BCUT2D eigenvalue weighted by Crippen LogP contribution is 2.15. The minimum atomic E-state index is 1.37. The summed E-state index contributed by atoms with van der Waals surface area (Å²) < 4.78 is 0. The molecule has 0 saturated heterocycles. The molecule has 0 radical (unpaired) electrons. The minimum absolute atomic E-state index is 1.37. The van der Waals surface area contributed by atoms with Crippen LogP contribution in [-0.4, -0.2) is 0 Å². The summed E-state index contributed by atoms with van der Waals surface area (Å²) >= 11 is 0. The van der Waals surface area contributed by atoms with Gasteiger partial charge >= 0.3 is 0 Å². The van der Waals surface area contributed by atoms with Crippen molar-refractivity contribution in [1.82, 2.24) is 0 Å². The molecule has 0 aromatic carbocycles. The van der Waals surface area contributed by atoms with Gasteiger partial charge in [0.15, 0.2) is 0 Å². The Balaban J connectivity index is 0. The van der Waals surface area contributed by atoms with Crippen molar-refractivity contribution in [3.63, 3.8) is 0 Å². The van der Waals surface area contributed by atoms with Crippen molar-refractivity contribution in [3.8, 4) is 0 Å². The van der Waals surface area contributed by atoms with Crippen LogP contribution in [-0.2, 0) is 0 Å². The summed E-state index contributed by atoms with van der Waals surface area (Å²) in [6.07, 6.45) is 48.3. The van der Waals surface area contributed by atoms with Crippen LogP contribution >= 0.6 is 0 Å². The van der Waals surface area contributed by atoms with Crippen molar-refractivity contribution in [2.24, 2.45) is 0 Å². The van der Waals surface area contributed by atoms with Gasteiger partial charge in [-0.1, -0.05) is 240 Å². The standard InChI is InChI=1S/C19H40.C18H38/c1-3-5-7-9-11-13-15-17-19-18-16-14-12-10-8-6-4-2;1-3-5-7-9-11-13-15-17-18-16-14-12-10-8-6-4-2/h3-19H2,1-2H3;3-18H2,1-2H3. The normalized spacial score (nSPS) is 11.0. The van der Waals surface area contributed by atoms with E-state index in [2.05, 4.69) is 27.7 Å². The zero-order valence-corrected chi connectivity index (χ0v) is 27.3. The first-order chi connectivity index (χ1) is 18.3. The lowest BCUT2D eigenvalue weighted by molar-refractivity contribution is 0.529. The first-order valence-electron chi connectivity index (χ1n) is 18.3. The quantitative estimate of drug-likeness (QED) is 0.0794. The van der Waals surface area contributed by atoms with E-state index in [9.17, 15) is 0 Å². The molecule has 0 aromatic rings. The fourth-order valence-corrected chi connectivity index (χ4v) is 5.42. The lowest BCUT2D eigenvalue weighted by Gasteiger charge is -2.03. The SMILES string of the molecule is CCCCCCCCCCCCCCCCCC.CCCCCCCCCCCCCCCCCCC. The van der Waals surface area contributed by atoms with E-state index in [4.69, 9.17) is 0 Å². The Morgan fingerprint density at radius 2 is 0.216 bits per heavy atom. The third kappa shape index (κ3) is 43.3. The zero-order valence-electron chi connectivity index (χ0n) is 27.3. The van der Waals surface area contributed by atoms with Crippen LogP contribution in [0.25, 0.3) is 0 Å². The van der Waals surface area contributed by atoms with E-state index in [0.29, 0.717) is 0 Å². The van der Waals surface area contributed by atoms with Crippen molar-refractivity contribution in [2.45, 2.75) is 240 Å². The molecule has 0 aliphatic carbocycles. The second-order valence-electron chi connectivity index (χ2n) is 12.3. The molecule has 0 aliphatic rings. The molecule has 0 bridgehead atoms. The molecule has 0 aliphatic heterocycles. The topological polar surface area (TPSA) is 0 Å². The van der Waals surface area contributed by atoms with E-state index in [1.54, 1.807) is 0 Å². The average molecular weight is 523 g/mol. The van der Waals surface area contributed by atoms with Gasteiger partial charge in [-0.15, -0.1) is 0 Å². The predicted octanol–water partition coefficient (Wildman–Crippen LogP) is 14.9. The van der Waals surface area contributed by atoms with Crippen LogP contribution in [0.5, 0.6) is 0 Å². The molecule has 0 fully saturated rings. The fourth-order valence-electron chi connectivity index (χ4n) is 5.42. The summed E-state index contributed by atoms with van der Waals surface area (Å²) in [5.74, 6) is 0. The molecule has 226 valence electrons. The molecule has 0 rings (SSSR count). The molecule has 0 amide bonds. The molecule has 0 heterocycles. The Labute approximate surface area is 239 Å². The van der Waals surface area contributed by atoms with Crippen LogP contribution in [0.15, 0.2) is 0 Å². The number of rotatable bonds is 31. The summed E-state index contributed by atoms with van der Waals surface area (Å²) in [6, 6.07) is 0. The Morgan fingerprint density at radius 1 is 0.135 bits per heavy atom. The maximum atomic E-state index is 2.30. The van der Waals surface area contributed by atoms with Crippen molar-refractivity contribution < 1.29 is 0 Å². The molecular weight excluding hydrogens is 444 g/mol.